The molecule has 3 aromatic heterocycles. The van der Waals surface area contributed by atoms with Crippen LogP contribution in [0.4, 0.5) is 11.8 Å². The molecular formula is C21H27N7OS. The largest absolute Gasteiger partial charge is 0.368 e. The van der Waals surface area contributed by atoms with E-state index in [4.69, 9.17) is 5.73 Å². The maximum Gasteiger partial charge on any atom is 0.222 e. The number of nitrogens with zero attached hydrogens (tertiary/aromatic N) is 4. The van der Waals surface area contributed by atoms with Crippen LogP contribution in [0.25, 0.3) is 11.0 Å². The molecule has 0 saturated carbocycles. The average Bonchev–Trinajstić information content (AvgIpc) is 2.71. The molecule has 0 unspecified atom stereocenters. The molecule has 0 aliphatic carbocycles. The number of hydrogen-bond donors (Lipinski definition) is 3. The summed E-state index contributed by atoms with van der Waals surface area (Å²) in [6, 6.07) is 5.84. The lowest BCUT2D eigenvalue weighted by Crippen LogP contribution is -2.46. The quantitative estimate of drug-likeness (QED) is 0.475. The van der Waals surface area contributed by atoms with Crippen LogP contribution in [0.2, 0.25) is 0 Å². The molecule has 3 rings (SSSR count). The summed E-state index contributed by atoms with van der Waals surface area (Å²) in [7, 11) is 0. The van der Waals surface area contributed by atoms with E-state index in [9.17, 15) is 4.79 Å². The normalized spacial score (nSPS) is 13.0. The first-order valence-corrected chi connectivity index (χ1v) is 10.7. The van der Waals surface area contributed by atoms with Crippen molar-refractivity contribution in [3.05, 3.63) is 36.8 Å². The van der Waals surface area contributed by atoms with Gasteiger partial charge in [0.2, 0.25) is 11.9 Å². The summed E-state index contributed by atoms with van der Waals surface area (Å²) >= 11 is 1.58. The molecule has 0 aromatic carbocycles. The van der Waals surface area contributed by atoms with Gasteiger partial charge in [0.25, 0.3) is 0 Å². The minimum atomic E-state index is -0.387. The van der Waals surface area contributed by atoms with Gasteiger partial charge in [-0.05, 0) is 31.5 Å². The SMILES string of the molecule is CCCC[C@](C)(CNC(C)=O)Nc1nc(N)nc2cc(Sc3ccncc3)cnc12. The van der Waals surface area contributed by atoms with Crippen molar-refractivity contribution in [3.63, 3.8) is 0 Å². The number of nitrogens with two attached hydrogens (primary N) is 1. The molecular weight excluding hydrogens is 398 g/mol. The van der Waals surface area contributed by atoms with Crippen molar-refractivity contribution >= 4 is 40.5 Å². The molecule has 4 N–H and O–H groups in total. The second-order valence-electron chi connectivity index (χ2n) is 7.45. The van der Waals surface area contributed by atoms with Crippen LogP contribution in [0.5, 0.6) is 0 Å². The standard InChI is InChI=1S/C21H27N7OS/c1-4-5-8-21(3,13-25-14(2)29)28-19-18-17(26-20(22)27-19)11-16(12-24-18)30-15-6-9-23-10-7-15/h6-7,9-12H,4-5,8,13H2,1-3H3,(H,25,29)(H3,22,26,27,28)/t21-/m1/s1. The van der Waals surface area contributed by atoms with Crippen molar-refractivity contribution in [1.82, 2.24) is 25.3 Å². The fourth-order valence-electron chi connectivity index (χ4n) is 3.07. The first kappa shape index (κ1) is 21.8. The highest BCUT2D eigenvalue weighted by atomic mass is 32.2. The van der Waals surface area contributed by atoms with Crippen molar-refractivity contribution in [2.75, 3.05) is 17.6 Å². The number of nitrogens with one attached hydrogen (secondary N) is 2. The highest BCUT2D eigenvalue weighted by Gasteiger charge is 2.26. The summed E-state index contributed by atoms with van der Waals surface area (Å²) in [6.45, 7) is 6.20. The number of aromatic nitrogens is 4. The number of carbonyl (C=O) groups is 1. The predicted octanol–water partition coefficient (Wildman–Crippen LogP) is 3.65. The Labute approximate surface area is 180 Å². The summed E-state index contributed by atoms with van der Waals surface area (Å²) in [6.07, 6.45) is 8.25. The van der Waals surface area contributed by atoms with Crippen LogP contribution < -0.4 is 16.4 Å². The molecule has 0 spiro atoms. The van der Waals surface area contributed by atoms with Crippen LogP contribution in [0.3, 0.4) is 0 Å². The zero-order valence-corrected chi connectivity index (χ0v) is 18.3. The first-order valence-electron chi connectivity index (χ1n) is 9.92. The van der Waals surface area contributed by atoms with Crippen LogP contribution >= 0.6 is 11.8 Å². The molecule has 0 aliphatic heterocycles. The third-order valence-electron chi connectivity index (χ3n) is 4.64. The van der Waals surface area contributed by atoms with E-state index in [1.165, 1.54) is 6.92 Å². The molecule has 0 fully saturated rings. The highest BCUT2D eigenvalue weighted by molar-refractivity contribution is 7.99. The Morgan fingerprint density at radius 1 is 1.23 bits per heavy atom. The number of anilines is 2. The lowest BCUT2D eigenvalue weighted by atomic mass is 9.94. The van der Waals surface area contributed by atoms with Crippen LogP contribution in [-0.4, -0.2) is 37.9 Å². The van der Waals surface area contributed by atoms with Gasteiger partial charge in [-0.25, -0.2) is 9.97 Å². The Morgan fingerprint density at radius 3 is 2.70 bits per heavy atom. The topological polar surface area (TPSA) is 119 Å². The van der Waals surface area contributed by atoms with Crippen LogP contribution in [0, 0.1) is 0 Å². The van der Waals surface area contributed by atoms with E-state index in [1.807, 2.05) is 18.2 Å². The molecule has 3 aromatic rings. The summed E-state index contributed by atoms with van der Waals surface area (Å²) in [5.74, 6) is 0.680. The van der Waals surface area contributed by atoms with E-state index < -0.39 is 0 Å². The second kappa shape index (κ2) is 9.71. The van der Waals surface area contributed by atoms with E-state index in [2.05, 4.69) is 44.4 Å². The maximum absolute atomic E-state index is 11.5. The summed E-state index contributed by atoms with van der Waals surface area (Å²) in [5.41, 5.74) is 6.92. The average molecular weight is 426 g/mol. The molecule has 0 radical (unpaired) electrons. The van der Waals surface area contributed by atoms with Crippen molar-refractivity contribution < 1.29 is 4.79 Å². The molecule has 0 bridgehead atoms. The van der Waals surface area contributed by atoms with Crippen LogP contribution in [0.15, 0.2) is 46.6 Å². The Kier molecular flexibility index (Phi) is 7.04. The second-order valence-corrected chi connectivity index (χ2v) is 8.60. The van der Waals surface area contributed by atoms with Gasteiger partial charge in [0.15, 0.2) is 5.82 Å². The zero-order chi connectivity index (χ0) is 21.6. The number of pyridine rings is 2. The third kappa shape index (κ3) is 5.79. The summed E-state index contributed by atoms with van der Waals surface area (Å²) in [5, 5.41) is 6.38. The van der Waals surface area contributed by atoms with E-state index in [0.717, 1.165) is 29.1 Å². The van der Waals surface area contributed by atoms with E-state index in [1.54, 1.807) is 30.4 Å². The minimum absolute atomic E-state index is 0.0671. The van der Waals surface area contributed by atoms with Crippen molar-refractivity contribution in [2.45, 2.75) is 55.4 Å². The van der Waals surface area contributed by atoms with Gasteiger partial charge in [-0.2, -0.15) is 4.98 Å². The predicted molar refractivity (Wildman–Crippen MR) is 120 cm³/mol. The molecule has 1 amide bonds. The van der Waals surface area contributed by atoms with Crippen molar-refractivity contribution in [3.8, 4) is 0 Å². The zero-order valence-electron chi connectivity index (χ0n) is 17.5. The van der Waals surface area contributed by atoms with Gasteiger partial charge < -0.3 is 16.4 Å². The molecule has 158 valence electrons. The number of rotatable bonds is 9. The molecule has 1 atom stereocenters. The molecule has 0 saturated heterocycles. The molecule has 3 heterocycles. The lowest BCUT2D eigenvalue weighted by Gasteiger charge is -2.32. The number of hydrogen-bond acceptors (Lipinski definition) is 8. The Morgan fingerprint density at radius 2 is 2.00 bits per heavy atom. The fourth-order valence-corrected chi connectivity index (χ4v) is 3.88. The number of nitrogen functional groups attached to an aromatic ring is 1. The number of carbonyl (C=O) groups excluding carboxylic acids is 1. The smallest absolute Gasteiger partial charge is 0.222 e. The Hall–Kier alpha value is -2.94. The Balaban J connectivity index is 1.91. The van der Waals surface area contributed by atoms with Crippen molar-refractivity contribution in [1.29, 1.82) is 0 Å². The lowest BCUT2D eigenvalue weighted by molar-refractivity contribution is -0.119. The Bertz CT molecular complexity index is 1010. The number of amides is 1. The van der Waals surface area contributed by atoms with Gasteiger partial charge in [0.1, 0.15) is 5.52 Å². The number of unbranched alkanes of at least 4 members (excludes halogenated alkanes) is 1. The van der Waals surface area contributed by atoms with E-state index in [-0.39, 0.29) is 17.4 Å². The molecule has 9 heteroatoms. The maximum atomic E-state index is 11.5. The van der Waals surface area contributed by atoms with Gasteiger partial charge in [-0.3, -0.25) is 9.78 Å². The van der Waals surface area contributed by atoms with Gasteiger partial charge in [0, 0.05) is 41.8 Å². The molecule has 0 aliphatic rings. The van der Waals surface area contributed by atoms with Crippen LogP contribution in [-0.2, 0) is 4.79 Å². The van der Waals surface area contributed by atoms with E-state index in [0.29, 0.717) is 23.4 Å². The van der Waals surface area contributed by atoms with Gasteiger partial charge in [-0.15, -0.1) is 0 Å². The summed E-state index contributed by atoms with van der Waals surface area (Å²) < 4.78 is 0. The summed E-state index contributed by atoms with van der Waals surface area (Å²) in [4.78, 5) is 30.9. The fraction of sp³-hybridized carbons (Fsp3) is 0.381. The van der Waals surface area contributed by atoms with Gasteiger partial charge >= 0.3 is 0 Å². The molecule has 8 nitrogen and oxygen atoms in total. The third-order valence-corrected chi connectivity index (χ3v) is 5.61. The minimum Gasteiger partial charge on any atom is -0.368 e. The van der Waals surface area contributed by atoms with Gasteiger partial charge in [0.05, 0.1) is 11.1 Å². The van der Waals surface area contributed by atoms with Crippen molar-refractivity contribution in [2.24, 2.45) is 0 Å². The van der Waals surface area contributed by atoms with E-state index >= 15 is 0 Å². The highest BCUT2D eigenvalue weighted by Crippen LogP contribution is 2.31. The van der Waals surface area contributed by atoms with Crippen LogP contribution in [0.1, 0.15) is 40.0 Å². The molecule has 30 heavy (non-hydrogen) atoms. The van der Waals surface area contributed by atoms with Gasteiger partial charge in [-0.1, -0.05) is 31.5 Å². The number of fused-ring (bicyclic) bond motifs is 1. The first-order chi connectivity index (χ1) is 14.4. The monoisotopic (exact) mass is 425 g/mol.